The number of carbonyl (C=O) groups excluding carboxylic acids is 1. The van der Waals surface area contributed by atoms with Crippen LogP contribution in [-0.4, -0.2) is 22.7 Å². The molecule has 6 nitrogen and oxygen atoms in total. The number of ether oxygens (including phenoxy) is 1. The molecule has 0 radical (unpaired) electrons. The van der Waals surface area contributed by atoms with Crippen molar-refractivity contribution in [3.63, 3.8) is 0 Å². The Kier molecular flexibility index (Phi) is 7.12. The maximum Gasteiger partial charge on any atom is 0.335 e. The third-order valence-corrected chi connectivity index (χ3v) is 5.94. The van der Waals surface area contributed by atoms with Gasteiger partial charge in [0.15, 0.2) is 23.3 Å². The Morgan fingerprint density at radius 1 is 1.00 bits per heavy atom. The first kappa shape index (κ1) is 26.0. The van der Waals surface area contributed by atoms with Crippen LogP contribution in [0, 0.1) is 29.1 Å². The summed E-state index contributed by atoms with van der Waals surface area (Å²) in [7, 11) is 0. The number of hydrazone groups is 1. The van der Waals surface area contributed by atoms with Crippen molar-refractivity contribution in [3.8, 4) is 5.75 Å². The number of aromatic carboxylic acids is 1. The van der Waals surface area contributed by atoms with E-state index in [0.29, 0.717) is 15.8 Å². The van der Waals surface area contributed by atoms with E-state index in [4.69, 9.17) is 9.84 Å². The van der Waals surface area contributed by atoms with E-state index in [9.17, 15) is 31.5 Å². The van der Waals surface area contributed by atoms with E-state index in [1.165, 1.54) is 25.1 Å². The van der Waals surface area contributed by atoms with Crippen molar-refractivity contribution in [2.45, 2.75) is 13.5 Å². The molecule has 1 amide bonds. The molecule has 12 heteroatoms. The minimum Gasteiger partial charge on any atom is -0.488 e. The smallest absolute Gasteiger partial charge is 0.335 e. The molecule has 1 heterocycles. The van der Waals surface area contributed by atoms with Crippen LogP contribution in [0.3, 0.4) is 0 Å². The van der Waals surface area contributed by atoms with E-state index in [1.807, 2.05) is 0 Å². The minimum absolute atomic E-state index is 0.00445. The SMILES string of the molecule is CC1=NN(c2c(F)c(F)c(F)c(F)c2F)C(=O)/C1=C/c1ccc(OCc2ccc(C(=O)O)cc2)c(Br)c1. The van der Waals surface area contributed by atoms with Gasteiger partial charge in [-0.05, 0) is 64.3 Å². The molecule has 3 aromatic rings. The van der Waals surface area contributed by atoms with Crippen molar-refractivity contribution in [1.29, 1.82) is 0 Å². The molecular weight excluding hydrogens is 567 g/mol. The summed E-state index contributed by atoms with van der Waals surface area (Å²) in [5, 5.41) is 12.8. The van der Waals surface area contributed by atoms with Crippen LogP contribution in [-0.2, 0) is 11.4 Å². The normalized spacial score (nSPS) is 14.4. The summed E-state index contributed by atoms with van der Waals surface area (Å²) in [6.45, 7) is 1.48. The molecule has 3 aromatic carbocycles. The Bertz CT molecular complexity index is 1480. The molecule has 0 saturated carbocycles. The number of carboxylic acids is 1. The molecule has 0 bridgehead atoms. The number of anilines is 1. The van der Waals surface area contributed by atoms with Crippen LogP contribution < -0.4 is 9.75 Å². The molecule has 0 unspecified atom stereocenters. The Labute approximate surface area is 214 Å². The standard InChI is InChI=1S/C25H14BrF5N2O4/c1-11-15(24(34)33(32-11)23-21(30)19(28)18(27)20(29)22(23)31)8-13-4-7-17(16(26)9-13)37-10-12-2-5-14(6-3-12)25(35)36/h2-9H,10H2,1H3,(H,35,36)/b15-8+. The van der Waals surface area contributed by atoms with Crippen LogP contribution in [0.25, 0.3) is 6.08 Å². The van der Waals surface area contributed by atoms with Gasteiger partial charge in [-0.2, -0.15) is 10.1 Å². The van der Waals surface area contributed by atoms with E-state index in [2.05, 4.69) is 21.0 Å². The van der Waals surface area contributed by atoms with E-state index in [1.54, 1.807) is 30.3 Å². The molecule has 0 spiro atoms. The summed E-state index contributed by atoms with van der Waals surface area (Å²) in [5.74, 6) is -12.8. The molecule has 1 N–H and O–H groups in total. The summed E-state index contributed by atoms with van der Waals surface area (Å²) in [6.07, 6.45) is 1.34. The predicted octanol–water partition coefficient (Wildman–Crippen LogP) is 6.23. The number of amides is 1. The average molecular weight is 581 g/mol. The first-order valence-corrected chi connectivity index (χ1v) is 11.2. The van der Waals surface area contributed by atoms with Gasteiger partial charge >= 0.3 is 5.97 Å². The molecule has 0 saturated heterocycles. The van der Waals surface area contributed by atoms with Crippen molar-refractivity contribution in [2.24, 2.45) is 5.10 Å². The lowest BCUT2D eigenvalue weighted by molar-refractivity contribution is -0.114. The summed E-state index contributed by atoms with van der Waals surface area (Å²) < 4.78 is 75.2. The Morgan fingerprint density at radius 2 is 1.59 bits per heavy atom. The second-order valence-electron chi connectivity index (χ2n) is 7.76. The van der Waals surface area contributed by atoms with Gasteiger partial charge < -0.3 is 9.84 Å². The molecule has 0 atom stereocenters. The number of nitrogens with zero attached hydrogens (tertiary/aromatic N) is 2. The van der Waals surface area contributed by atoms with E-state index in [-0.39, 0.29) is 28.5 Å². The van der Waals surface area contributed by atoms with Crippen molar-refractivity contribution >= 4 is 45.3 Å². The number of hydrogen-bond acceptors (Lipinski definition) is 4. The highest BCUT2D eigenvalue weighted by molar-refractivity contribution is 9.10. The second-order valence-corrected chi connectivity index (χ2v) is 8.61. The number of halogens is 6. The maximum atomic E-state index is 14.2. The lowest BCUT2D eigenvalue weighted by Crippen LogP contribution is -2.25. The third kappa shape index (κ3) is 4.96. The van der Waals surface area contributed by atoms with Gasteiger partial charge in [0, 0.05) is 0 Å². The largest absolute Gasteiger partial charge is 0.488 e. The quantitative estimate of drug-likeness (QED) is 0.162. The van der Waals surface area contributed by atoms with Crippen molar-refractivity contribution in [3.05, 3.63) is 98.3 Å². The number of carboxylic acid groups (broad SMARTS) is 1. The average Bonchev–Trinajstić information content (AvgIpc) is 3.14. The lowest BCUT2D eigenvalue weighted by Gasteiger charge is -2.15. The zero-order valence-electron chi connectivity index (χ0n) is 18.7. The van der Waals surface area contributed by atoms with Crippen LogP contribution >= 0.6 is 15.9 Å². The second kappa shape index (κ2) is 10.1. The number of carbonyl (C=O) groups is 2. The fourth-order valence-corrected chi connectivity index (χ4v) is 3.92. The highest BCUT2D eigenvalue weighted by Crippen LogP contribution is 2.34. The van der Waals surface area contributed by atoms with Gasteiger partial charge in [0.25, 0.3) is 5.91 Å². The Hall–Kier alpha value is -4.06. The first-order chi connectivity index (χ1) is 17.5. The monoisotopic (exact) mass is 580 g/mol. The van der Waals surface area contributed by atoms with Crippen molar-refractivity contribution in [1.82, 2.24) is 0 Å². The molecule has 4 rings (SSSR count). The first-order valence-electron chi connectivity index (χ1n) is 10.4. The van der Waals surface area contributed by atoms with Gasteiger partial charge in [0.1, 0.15) is 18.0 Å². The van der Waals surface area contributed by atoms with Crippen LogP contribution in [0.5, 0.6) is 5.75 Å². The number of rotatable bonds is 6. The maximum absolute atomic E-state index is 14.2. The van der Waals surface area contributed by atoms with Gasteiger partial charge in [0.2, 0.25) is 5.82 Å². The predicted molar refractivity (Wildman–Crippen MR) is 127 cm³/mol. The van der Waals surface area contributed by atoms with Crippen LogP contribution in [0.15, 0.2) is 57.6 Å². The fraction of sp³-hybridized carbons (Fsp3) is 0.0800. The summed E-state index contributed by atoms with van der Waals surface area (Å²) in [4.78, 5) is 23.7. The molecular formula is C25H14BrF5N2O4. The summed E-state index contributed by atoms with van der Waals surface area (Å²) in [5.41, 5.74) is -0.285. The molecule has 190 valence electrons. The summed E-state index contributed by atoms with van der Waals surface area (Å²) in [6, 6.07) is 10.9. The van der Waals surface area contributed by atoms with E-state index in [0.717, 1.165) is 5.56 Å². The number of benzene rings is 3. The third-order valence-electron chi connectivity index (χ3n) is 5.32. The van der Waals surface area contributed by atoms with Gasteiger partial charge in [-0.25, -0.2) is 26.7 Å². The summed E-state index contributed by atoms with van der Waals surface area (Å²) >= 11 is 3.35. The van der Waals surface area contributed by atoms with Gasteiger partial charge in [-0.15, -0.1) is 0 Å². The fourth-order valence-electron chi connectivity index (χ4n) is 3.41. The molecule has 0 aliphatic carbocycles. The lowest BCUT2D eigenvalue weighted by atomic mass is 10.1. The zero-order chi connectivity index (χ0) is 27.0. The van der Waals surface area contributed by atoms with Crippen molar-refractivity contribution in [2.75, 3.05) is 5.01 Å². The topological polar surface area (TPSA) is 79.2 Å². The minimum atomic E-state index is -2.34. The highest BCUT2D eigenvalue weighted by atomic mass is 79.9. The van der Waals surface area contributed by atoms with Crippen LogP contribution in [0.1, 0.15) is 28.4 Å². The Morgan fingerprint density at radius 3 is 2.16 bits per heavy atom. The van der Waals surface area contributed by atoms with Crippen LogP contribution in [0.4, 0.5) is 27.6 Å². The Balaban J connectivity index is 1.55. The van der Waals surface area contributed by atoms with E-state index < -0.39 is 46.6 Å². The molecule has 37 heavy (non-hydrogen) atoms. The van der Waals surface area contributed by atoms with E-state index >= 15 is 0 Å². The molecule has 1 aliphatic heterocycles. The van der Waals surface area contributed by atoms with Crippen LogP contribution in [0.2, 0.25) is 0 Å². The van der Waals surface area contributed by atoms with Gasteiger partial charge in [0.05, 0.1) is 21.3 Å². The molecule has 1 aliphatic rings. The van der Waals surface area contributed by atoms with Gasteiger partial charge in [-0.3, -0.25) is 4.79 Å². The molecule has 0 aromatic heterocycles. The highest BCUT2D eigenvalue weighted by Gasteiger charge is 2.37. The number of hydrogen-bond donors (Lipinski definition) is 1. The van der Waals surface area contributed by atoms with Gasteiger partial charge in [-0.1, -0.05) is 18.2 Å². The molecule has 0 fully saturated rings. The van der Waals surface area contributed by atoms with Crippen molar-refractivity contribution < 1.29 is 41.4 Å². The zero-order valence-corrected chi connectivity index (χ0v) is 20.2.